The normalized spacial score (nSPS) is 11.9. The van der Waals surface area contributed by atoms with Gasteiger partial charge in [-0.15, -0.1) is 11.3 Å². The van der Waals surface area contributed by atoms with Gasteiger partial charge < -0.3 is 10.1 Å². The van der Waals surface area contributed by atoms with Crippen molar-refractivity contribution in [3.05, 3.63) is 46.7 Å². The summed E-state index contributed by atoms with van der Waals surface area (Å²) >= 11 is 1.43. The molecule has 4 heteroatoms. The second kappa shape index (κ2) is 6.38. The lowest BCUT2D eigenvalue weighted by Crippen LogP contribution is -2.12. The highest BCUT2D eigenvalue weighted by atomic mass is 32.1. The van der Waals surface area contributed by atoms with E-state index >= 15 is 0 Å². The summed E-state index contributed by atoms with van der Waals surface area (Å²) in [6.45, 7) is 4.10. The van der Waals surface area contributed by atoms with E-state index in [9.17, 15) is 4.79 Å². The summed E-state index contributed by atoms with van der Waals surface area (Å²) < 4.78 is 5.73. The van der Waals surface area contributed by atoms with E-state index in [2.05, 4.69) is 12.2 Å². The zero-order valence-electron chi connectivity index (χ0n) is 11.1. The molecule has 0 aliphatic heterocycles. The Hall–Kier alpha value is -1.81. The van der Waals surface area contributed by atoms with Gasteiger partial charge in [0.1, 0.15) is 5.75 Å². The molecule has 1 heterocycles. The Bertz CT molecular complexity index is 537. The van der Waals surface area contributed by atoms with Gasteiger partial charge >= 0.3 is 0 Å². The van der Waals surface area contributed by atoms with Gasteiger partial charge in [-0.05, 0) is 36.9 Å². The number of carbonyl (C=O) groups excluding carboxylic acids is 1. The van der Waals surface area contributed by atoms with E-state index in [0.29, 0.717) is 4.88 Å². The van der Waals surface area contributed by atoms with Crippen molar-refractivity contribution >= 4 is 22.9 Å². The van der Waals surface area contributed by atoms with E-state index < -0.39 is 0 Å². The molecule has 1 amide bonds. The van der Waals surface area contributed by atoms with Crippen LogP contribution in [-0.2, 0) is 0 Å². The van der Waals surface area contributed by atoms with Crippen LogP contribution in [0.1, 0.15) is 29.9 Å². The van der Waals surface area contributed by atoms with Crippen molar-refractivity contribution in [1.29, 1.82) is 0 Å². The average Bonchev–Trinajstić information content (AvgIpc) is 2.93. The van der Waals surface area contributed by atoms with E-state index in [1.807, 2.05) is 42.6 Å². The summed E-state index contributed by atoms with van der Waals surface area (Å²) in [5, 5.41) is 4.75. The number of amides is 1. The maximum atomic E-state index is 11.9. The first-order valence-corrected chi connectivity index (χ1v) is 7.18. The summed E-state index contributed by atoms with van der Waals surface area (Å²) in [5.74, 6) is 0.689. The monoisotopic (exact) mass is 275 g/mol. The largest absolute Gasteiger partial charge is 0.491 e. The van der Waals surface area contributed by atoms with Crippen LogP contribution in [0.15, 0.2) is 41.8 Å². The van der Waals surface area contributed by atoms with Crippen LogP contribution in [0.4, 0.5) is 5.69 Å². The molecule has 0 aliphatic rings. The lowest BCUT2D eigenvalue weighted by molar-refractivity contribution is 0.103. The third-order valence-electron chi connectivity index (χ3n) is 2.75. The van der Waals surface area contributed by atoms with Gasteiger partial charge in [-0.2, -0.15) is 0 Å². The quantitative estimate of drug-likeness (QED) is 0.889. The second-order valence-electron chi connectivity index (χ2n) is 4.30. The average molecular weight is 275 g/mol. The predicted molar refractivity (Wildman–Crippen MR) is 79.1 cm³/mol. The molecule has 0 aliphatic carbocycles. The molecule has 1 N–H and O–H groups in total. The van der Waals surface area contributed by atoms with Gasteiger partial charge in [0.15, 0.2) is 0 Å². The summed E-state index contributed by atoms with van der Waals surface area (Å²) in [6.07, 6.45) is 1.12. The molecule has 0 bridgehead atoms. The van der Waals surface area contributed by atoms with E-state index in [1.165, 1.54) is 11.3 Å². The Morgan fingerprint density at radius 3 is 2.89 bits per heavy atom. The highest BCUT2D eigenvalue weighted by molar-refractivity contribution is 7.12. The van der Waals surface area contributed by atoms with Crippen molar-refractivity contribution in [2.24, 2.45) is 0 Å². The third-order valence-corrected chi connectivity index (χ3v) is 3.62. The summed E-state index contributed by atoms with van der Waals surface area (Å²) in [4.78, 5) is 12.6. The molecule has 0 unspecified atom stereocenters. The topological polar surface area (TPSA) is 38.3 Å². The lowest BCUT2D eigenvalue weighted by Gasteiger charge is -2.13. The van der Waals surface area contributed by atoms with E-state index in [0.717, 1.165) is 17.9 Å². The zero-order valence-corrected chi connectivity index (χ0v) is 11.9. The molecular formula is C15H17NO2S. The smallest absolute Gasteiger partial charge is 0.265 e. The second-order valence-corrected chi connectivity index (χ2v) is 5.24. The Balaban J connectivity index is 2.05. The van der Waals surface area contributed by atoms with Crippen molar-refractivity contribution in [3.8, 4) is 5.75 Å². The Morgan fingerprint density at radius 2 is 2.21 bits per heavy atom. The number of anilines is 1. The maximum absolute atomic E-state index is 11.9. The molecule has 0 fully saturated rings. The number of rotatable bonds is 5. The highest BCUT2D eigenvalue weighted by Crippen LogP contribution is 2.20. The van der Waals surface area contributed by atoms with Crippen molar-refractivity contribution < 1.29 is 9.53 Å². The van der Waals surface area contributed by atoms with Gasteiger partial charge in [-0.25, -0.2) is 0 Å². The SMILES string of the molecule is CC[C@H](C)Oc1cccc(NC(=O)c2cccs2)c1. The molecule has 0 saturated heterocycles. The number of nitrogens with one attached hydrogen (secondary N) is 1. The first-order chi connectivity index (χ1) is 9.19. The molecule has 1 atom stereocenters. The van der Waals surface area contributed by atoms with Gasteiger partial charge in [0.25, 0.3) is 5.91 Å². The first kappa shape index (κ1) is 13.6. The Kier molecular flexibility index (Phi) is 4.58. The molecule has 2 aromatic rings. The van der Waals surface area contributed by atoms with Gasteiger partial charge in [-0.1, -0.05) is 19.1 Å². The van der Waals surface area contributed by atoms with E-state index in [1.54, 1.807) is 6.07 Å². The number of thiophene rings is 1. The third kappa shape index (κ3) is 3.83. The molecule has 0 radical (unpaired) electrons. The summed E-state index contributed by atoms with van der Waals surface area (Å²) in [6, 6.07) is 11.1. The van der Waals surface area contributed by atoms with Crippen molar-refractivity contribution in [3.63, 3.8) is 0 Å². The minimum atomic E-state index is -0.0873. The Morgan fingerprint density at radius 1 is 1.37 bits per heavy atom. The van der Waals surface area contributed by atoms with Gasteiger partial charge in [0.05, 0.1) is 11.0 Å². The van der Waals surface area contributed by atoms with E-state index in [-0.39, 0.29) is 12.0 Å². The van der Waals surface area contributed by atoms with Crippen LogP contribution in [0.2, 0.25) is 0 Å². The standard InChI is InChI=1S/C15H17NO2S/c1-3-11(2)18-13-7-4-6-12(10-13)16-15(17)14-8-5-9-19-14/h4-11H,3H2,1-2H3,(H,16,17)/t11-/m0/s1. The van der Waals surface area contributed by atoms with Crippen LogP contribution in [0.3, 0.4) is 0 Å². The molecule has 100 valence electrons. The van der Waals surface area contributed by atoms with Crippen LogP contribution in [-0.4, -0.2) is 12.0 Å². The number of ether oxygens (including phenoxy) is 1. The van der Waals surface area contributed by atoms with Crippen molar-refractivity contribution in [2.45, 2.75) is 26.4 Å². The van der Waals surface area contributed by atoms with Crippen LogP contribution >= 0.6 is 11.3 Å². The number of hydrogen-bond acceptors (Lipinski definition) is 3. The maximum Gasteiger partial charge on any atom is 0.265 e. The van der Waals surface area contributed by atoms with Gasteiger partial charge in [0.2, 0.25) is 0 Å². The number of benzene rings is 1. The van der Waals surface area contributed by atoms with Crippen LogP contribution in [0.25, 0.3) is 0 Å². The summed E-state index contributed by atoms with van der Waals surface area (Å²) in [5.41, 5.74) is 0.749. The fourth-order valence-corrected chi connectivity index (χ4v) is 2.18. The minimum absolute atomic E-state index is 0.0873. The van der Waals surface area contributed by atoms with Crippen LogP contribution < -0.4 is 10.1 Å². The molecule has 1 aromatic carbocycles. The molecule has 3 nitrogen and oxygen atoms in total. The minimum Gasteiger partial charge on any atom is -0.491 e. The molecule has 1 aromatic heterocycles. The van der Waals surface area contributed by atoms with Gasteiger partial charge in [-0.3, -0.25) is 4.79 Å². The highest BCUT2D eigenvalue weighted by Gasteiger charge is 2.08. The van der Waals surface area contributed by atoms with Crippen LogP contribution in [0.5, 0.6) is 5.75 Å². The van der Waals surface area contributed by atoms with Gasteiger partial charge in [0, 0.05) is 11.8 Å². The number of carbonyl (C=O) groups is 1. The zero-order chi connectivity index (χ0) is 13.7. The predicted octanol–water partition coefficient (Wildman–Crippen LogP) is 4.18. The van der Waals surface area contributed by atoms with Crippen molar-refractivity contribution in [1.82, 2.24) is 0 Å². The summed E-state index contributed by atoms with van der Waals surface area (Å²) in [7, 11) is 0. The number of hydrogen-bond donors (Lipinski definition) is 1. The molecule has 0 saturated carbocycles. The first-order valence-electron chi connectivity index (χ1n) is 6.30. The lowest BCUT2D eigenvalue weighted by atomic mass is 10.2. The molecule has 19 heavy (non-hydrogen) atoms. The molecule has 2 rings (SSSR count). The molecule has 0 spiro atoms. The van der Waals surface area contributed by atoms with E-state index in [4.69, 9.17) is 4.74 Å². The fraction of sp³-hybridized carbons (Fsp3) is 0.267. The molecular weight excluding hydrogens is 258 g/mol. The van der Waals surface area contributed by atoms with Crippen molar-refractivity contribution in [2.75, 3.05) is 5.32 Å². The van der Waals surface area contributed by atoms with Crippen LogP contribution in [0, 0.1) is 0 Å². The fourth-order valence-electron chi connectivity index (χ4n) is 1.56. The Labute approximate surface area is 117 Å².